The van der Waals surface area contributed by atoms with E-state index < -0.39 is 0 Å². The number of rotatable bonds is 8. The maximum absolute atomic E-state index is 13.5. The van der Waals surface area contributed by atoms with Crippen molar-refractivity contribution in [3.8, 4) is 16.9 Å². The van der Waals surface area contributed by atoms with E-state index in [9.17, 15) is 4.79 Å². The molecule has 1 heterocycles. The Morgan fingerprint density at radius 3 is 2.47 bits per heavy atom. The highest BCUT2D eigenvalue weighted by atomic mass is 16.5. The van der Waals surface area contributed by atoms with Crippen LogP contribution >= 0.6 is 0 Å². The molecule has 4 aromatic rings. The molecule has 1 aliphatic rings. The van der Waals surface area contributed by atoms with Crippen LogP contribution in [0, 0.1) is 5.41 Å². The molecule has 0 atom stereocenters. The number of nitrogens with two attached hydrogens (primary N) is 2. The Morgan fingerprint density at radius 1 is 1.00 bits per heavy atom. The van der Waals surface area contributed by atoms with E-state index in [1.807, 2.05) is 54.0 Å². The lowest BCUT2D eigenvalue weighted by molar-refractivity contribution is 0.0917. The van der Waals surface area contributed by atoms with Crippen molar-refractivity contribution in [2.45, 2.75) is 51.2 Å². The first-order valence-corrected chi connectivity index (χ1v) is 13.3. The van der Waals surface area contributed by atoms with Gasteiger partial charge in [0, 0.05) is 35.1 Å². The van der Waals surface area contributed by atoms with E-state index in [2.05, 4.69) is 35.6 Å². The van der Waals surface area contributed by atoms with Gasteiger partial charge < -0.3 is 26.1 Å². The molecule has 1 fully saturated rings. The first-order chi connectivity index (χ1) is 18.4. The average Bonchev–Trinajstić information content (AvgIpc) is 3.28. The quantitative estimate of drug-likeness (QED) is 0.196. The summed E-state index contributed by atoms with van der Waals surface area (Å²) in [5.74, 6) is 0.763. The predicted molar refractivity (Wildman–Crippen MR) is 153 cm³/mol. The molecule has 0 saturated heterocycles. The third kappa shape index (κ3) is 5.58. The number of hydrogen-bond donors (Lipinski definition) is 4. The second-order valence-corrected chi connectivity index (χ2v) is 10.0. The van der Waals surface area contributed by atoms with Crippen LogP contribution in [0.25, 0.3) is 22.0 Å². The van der Waals surface area contributed by atoms with E-state index >= 15 is 0 Å². The fourth-order valence-corrected chi connectivity index (χ4v) is 5.25. The predicted octanol–water partition coefficient (Wildman–Crippen LogP) is 5.04. The van der Waals surface area contributed by atoms with Crippen molar-refractivity contribution in [1.82, 2.24) is 9.88 Å². The maximum atomic E-state index is 13.5. The Morgan fingerprint density at radius 2 is 1.76 bits per heavy atom. The monoisotopic (exact) mass is 509 g/mol. The maximum Gasteiger partial charge on any atom is 0.268 e. The zero-order valence-corrected chi connectivity index (χ0v) is 21.7. The van der Waals surface area contributed by atoms with Gasteiger partial charge in [-0.05, 0) is 79.6 Å². The highest BCUT2D eigenvalue weighted by Gasteiger charge is 2.23. The molecule has 1 aromatic heterocycles. The topological polar surface area (TPSA) is 119 Å². The van der Waals surface area contributed by atoms with Gasteiger partial charge in [-0.25, -0.2) is 0 Å². The van der Waals surface area contributed by atoms with Gasteiger partial charge >= 0.3 is 0 Å². The molecule has 1 amide bonds. The number of benzene rings is 3. The lowest BCUT2D eigenvalue weighted by Gasteiger charge is -2.27. The summed E-state index contributed by atoms with van der Waals surface area (Å²) in [5, 5.41) is 12.1. The van der Waals surface area contributed by atoms with Gasteiger partial charge in [-0.15, -0.1) is 0 Å². The van der Waals surface area contributed by atoms with Crippen LogP contribution in [0.1, 0.15) is 54.2 Å². The van der Waals surface area contributed by atoms with Crippen LogP contribution in [0.5, 0.6) is 5.75 Å². The molecule has 38 heavy (non-hydrogen) atoms. The summed E-state index contributed by atoms with van der Waals surface area (Å²) in [5.41, 5.74) is 17.2. The molecular weight excluding hydrogens is 474 g/mol. The number of nitrogens with zero attached hydrogens (tertiary/aromatic N) is 1. The van der Waals surface area contributed by atoms with Crippen LogP contribution in [0.3, 0.4) is 0 Å². The van der Waals surface area contributed by atoms with Gasteiger partial charge in [-0.3, -0.25) is 10.2 Å². The van der Waals surface area contributed by atoms with E-state index in [0.29, 0.717) is 24.4 Å². The van der Waals surface area contributed by atoms with Gasteiger partial charge in [0.2, 0.25) is 0 Å². The minimum atomic E-state index is -0.0892. The van der Waals surface area contributed by atoms with Gasteiger partial charge in [-0.1, -0.05) is 42.5 Å². The minimum absolute atomic E-state index is 0.00157. The van der Waals surface area contributed by atoms with Crippen LogP contribution in [-0.4, -0.2) is 35.0 Å². The van der Waals surface area contributed by atoms with Crippen LogP contribution < -0.4 is 21.5 Å². The number of carbonyl (C=O) groups excluding carboxylic acids is 1. The normalized spacial score (nSPS) is 17.3. The molecule has 196 valence electrons. The van der Waals surface area contributed by atoms with Gasteiger partial charge in [-0.2, -0.15) is 0 Å². The van der Waals surface area contributed by atoms with Crippen molar-refractivity contribution in [2.24, 2.45) is 11.5 Å². The molecule has 0 bridgehead atoms. The summed E-state index contributed by atoms with van der Waals surface area (Å²) >= 11 is 0. The number of nitrogen functional groups attached to an aromatic ring is 1. The number of amides is 1. The van der Waals surface area contributed by atoms with Crippen molar-refractivity contribution >= 4 is 22.6 Å². The molecule has 1 aliphatic carbocycles. The lowest BCUT2D eigenvalue weighted by Crippen LogP contribution is -2.41. The van der Waals surface area contributed by atoms with Gasteiger partial charge in [0.05, 0.1) is 6.61 Å². The molecule has 1 saturated carbocycles. The number of aromatic nitrogens is 1. The molecule has 0 unspecified atom stereocenters. The van der Waals surface area contributed by atoms with Crippen molar-refractivity contribution in [3.63, 3.8) is 0 Å². The number of ether oxygens (including phenoxy) is 1. The Hall–Kier alpha value is -4.10. The summed E-state index contributed by atoms with van der Waals surface area (Å²) in [6, 6.07) is 24.4. The average molecular weight is 510 g/mol. The van der Waals surface area contributed by atoms with E-state index in [1.165, 1.54) is 0 Å². The van der Waals surface area contributed by atoms with Crippen LogP contribution in [0.15, 0.2) is 72.8 Å². The molecule has 3 aromatic carbocycles. The molecule has 7 nitrogen and oxygen atoms in total. The standard InChI is InChI=1S/C31H35N5O2/c1-2-38-27-14-8-21(9-15-27)22-5-3-4-20(16-22)19-36-28-18-24(30(33)34)7-6-23(28)17-29(36)31(37)35-26-12-10-25(32)11-13-26/h3-9,14-18,25-26H,2,10-13,19,32H2,1H3,(H3,33,34)(H,35,37)/t25-,26-. The van der Waals surface area contributed by atoms with E-state index in [4.69, 9.17) is 21.6 Å². The second kappa shape index (κ2) is 11.1. The van der Waals surface area contributed by atoms with Crippen LogP contribution in [-0.2, 0) is 6.54 Å². The van der Waals surface area contributed by atoms with E-state index in [-0.39, 0.29) is 23.8 Å². The minimum Gasteiger partial charge on any atom is -0.494 e. The third-order valence-corrected chi connectivity index (χ3v) is 7.32. The smallest absolute Gasteiger partial charge is 0.268 e. The van der Waals surface area contributed by atoms with Crippen molar-refractivity contribution < 1.29 is 9.53 Å². The number of carbonyl (C=O) groups is 1. The molecular formula is C31H35N5O2. The highest BCUT2D eigenvalue weighted by Crippen LogP contribution is 2.27. The Bertz CT molecular complexity index is 1450. The fourth-order valence-electron chi connectivity index (χ4n) is 5.25. The molecule has 7 heteroatoms. The largest absolute Gasteiger partial charge is 0.494 e. The molecule has 0 radical (unpaired) electrons. The molecule has 5 rings (SSSR count). The third-order valence-electron chi connectivity index (χ3n) is 7.32. The Labute approximate surface area is 223 Å². The number of hydrogen-bond acceptors (Lipinski definition) is 4. The summed E-state index contributed by atoms with van der Waals surface area (Å²) in [7, 11) is 0. The lowest BCUT2D eigenvalue weighted by atomic mass is 9.92. The van der Waals surface area contributed by atoms with Gasteiger partial charge in [0.1, 0.15) is 17.3 Å². The SMILES string of the molecule is CCOc1ccc(-c2cccc(Cn3c(C(=O)N[C@H]4CC[C@H](N)CC4)cc4ccc(C(=N)N)cc43)c2)cc1. The zero-order valence-electron chi connectivity index (χ0n) is 21.7. The molecule has 6 N–H and O–H groups in total. The number of nitrogens with one attached hydrogen (secondary N) is 2. The van der Waals surface area contributed by atoms with Crippen molar-refractivity contribution in [1.29, 1.82) is 5.41 Å². The number of amidine groups is 1. The van der Waals surface area contributed by atoms with Crippen LogP contribution in [0.2, 0.25) is 0 Å². The van der Waals surface area contributed by atoms with Gasteiger partial charge in [0.15, 0.2) is 0 Å². The van der Waals surface area contributed by atoms with Crippen molar-refractivity contribution in [2.75, 3.05) is 6.61 Å². The molecule has 0 aliphatic heterocycles. The molecule has 0 spiro atoms. The fraction of sp³-hybridized carbons (Fsp3) is 0.290. The first-order valence-electron chi connectivity index (χ1n) is 13.3. The summed E-state index contributed by atoms with van der Waals surface area (Å²) in [6.45, 7) is 3.12. The second-order valence-electron chi connectivity index (χ2n) is 10.0. The summed E-state index contributed by atoms with van der Waals surface area (Å²) in [4.78, 5) is 13.5. The Balaban J connectivity index is 1.48. The first kappa shape index (κ1) is 25.5. The summed E-state index contributed by atoms with van der Waals surface area (Å²) < 4.78 is 7.61. The van der Waals surface area contributed by atoms with Crippen LogP contribution in [0.4, 0.5) is 0 Å². The highest BCUT2D eigenvalue weighted by molar-refractivity contribution is 6.02. The number of fused-ring (bicyclic) bond motifs is 1. The zero-order chi connectivity index (χ0) is 26.6. The van der Waals surface area contributed by atoms with E-state index in [0.717, 1.165) is 59.0 Å². The van der Waals surface area contributed by atoms with Crippen molar-refractivity contribution in [3.05, 3.63) is 89.6 Å². The Kier molecular flexibility index (Phi) is 7.47. The summed E-state index contributed by atoms with van der Waals surface area (Å²) in [6.07, 6.45) is 3.64. The van der Waals surface area contributed by atoms with E-state index in [1.54, 1.807) is 0 Å². The van der Waals surface area contributed by atoms with Gasteiger partial charge in [0.25, 0.3) is 5.91 Å².